The summed E-state index contributed by atoms with van der Waals surface area (Å²) in [6, 6.07) is 10.5. The smallest absolute Gasteiger partial charge is 0.219 e. The number of aliphatic hydroxyl groups is 1. The van der Waals surface area contributed by atoms with Gasteiger partial charge in [0.25, 0.3) is 0 Å². The molecule has 1 saturated heterocycles. The first kappa shape index (κ1) is 178. The first-order chi connectivity index (χ1) is 39.8. The highest BCUT2D eigenvalue weighted by Gasteiger charge is 2.11. The minimum atomic E-state index is -0.167. The van der Waals surface area contributed by atoms with Crippen molar-refractivity contribution < 1.29 is 57.8 Å². The zero-order valence-corrected chi connectivity index (χ0v) is 63.3. The van der Waals surface area contributed by atoms with Crippen molar-refractivity contribution in [1.82, 2.24) is 23.4 Å². The molecule has 1 amide bonds. The highest BCUT2D eigenvalue weighted by Crippen LogP contribution is 2.08. The van der Waals surface area contributed by atoms with E-state index in [0.29, 0.717) is 0 Å². The average molecular weight is 1270 g/mol. The van der Waals surface area contributed by atoms with Crippen molar-refractivity contribution in [3.8, 4) is 0 Å². The highest BCUT2D eigenvalue weighted by molar-refractivity contribution is 5.73. The molecule has 0 atom stereocenters. The fourth-order valence-corrected chi connectivity index (χ4v) is 2.36. The number of aliphatic hydroxyl groups excluding tert-OH is 1. The van der Waals surface area contributed by atoms with Crippen LogP contribution in [0.1, 0.15) is 217 Å². The van der Waals surface area contributed by atoms with Crippen molar-refractivity contribution >= 4 is 67.0 Å². The Hall–Kier alpha value is -4.98. The molecule has 1 fully saturated rings. The molecule has 1 heterocycles. The lowest BCUT2D eigenvalue weighted by Crippen LogP contribution is -2.33. The van der Waals surface area contributed by atoms with Crippen molar-refractivity contribution in [3.63, 3.8) is 0 Å². The number of rotatable bonds is 5. The van der Waals surface area contributed by atoms with Gasteiger partial charge in [0.2, 0.25) is 5.91 Å². The van der Waals surface area contributed by atoms with E-state index in [0.717, 1.165) is 43.9 Å². The van der Waals surface area contributed by atoms with Crippen molar-refractivity contribution in [1.29, 1.82) is 0 Å². The Morgan fingerprint density at radius 1 is 0.477 bits per heavy atom. The van der Waals surface area contributed by atoms with Crippen LogP contribution in [0.2, 0.25) is 0 Å². The molecule has 0 saturated carbocycles. The van der Waals surface area contributed by atoms with E-state index < -0.39 is 0 Å². The number of aryl methyl sites for hydroxylation is 1. The molecule has 22 N–H and O–H groups in total. The van der Waals surface area contributed by atoms with E-state index in [-0.39, 0.29) is 36.1 Å². The molecule has 1 aliphatic rings. The molecule has 1 aromatic rings. The second-order valence-corrected chi connectivity index (χ2v) is 14.1. The number of nitrogens with zero attached hydrogens (tertiary/aromatic N) is 1. The Morgan fingerprint density at radius 2 is 0.651 bits per heavy atom. The molecule has 542 valence electrons. The van der Waals surface area contributed by atoms with Gasteiger partial charge in [-0.1, -0.05) is 173 Å². The highest BCUT2D eigenvalue weighted by atomic mass is 16.5. The van der Waals surface area contributed by atoms with Gasteiger partial charge in [0.15, 0.2) is 0 Å². The minimum Gasteiger partial charge on any atom is -0.394 e. The van der Waals surface area contributed by atoms with Crippen LogP contribution in [0, 0.1) is 17.8 Å². The lowest BCUT2D eigenvalue weighted by Gasteiger charge is -2.24. The molecule has 0 bridgehead atoms. The van der Waals surface area contributed by atoms with Crippen LogP contribution in [-0.2, 0) is 59.1 Å². The fourth-order valence-electron chi connectivity index (χ4n) is 2.36. The van der Waals surface area contributed by atoms with Gasteiger partial charge in [-0.05, 0) is 147 Å². The molecular weight excluding hydrogens is 1100 g/mol. The SMILES string of the molecule is C/C=C\C.C=O.C=O.C=O.C=O.C=O.C=O.C=O.C=O.C=O.CC.CC.CC.CC(=O)N1CCCCC1.CC(C)O.CCC(C)C.CCC(C)C.CCC(C)C.CCOC(C)(C)C.CCc1ccccc1.CN.CN.CN.CN.CN.CN.N.N.N. The molecule has 2 rings (SSSR count). The topological polar surface area (TPSA) is 465 Å². The van der Waals surface area contributed by atoms with Gasteiger partial charge in [-0.15, -0.1) is 0 Å². The van der Waals surface area contributed by atoms with E-state index in [1.54, 1.807) is 20.8 Å². The maximum absolute atomic E-state index is 10.7. The van der Waals surface area contributed by atoms with Crippen LogP contribution in [0.25, 0.3) is 0 Å². The Balaban J connectivity index is -0.0000000173. The van der Waals surface area contributed by atoms with Crippen LogP contribution >= 0.6 is 0 Å². The van der Waals surface area contributed by atoms with Gasteiger partial charge in [-0.25, -0.2) is 0 Å². The molecule has 1 aliphatic heterocycles. The molecule has 86 heavy (non-hydrogen) atoms. The second kappa shape index (κ2) is 312. The van der Waals surface area contributed by atoms with E-state index in [1.165, 1.54) is 86.4 Å². The zero-order chi connectivity index (χ0) is 74.3. The van der Waals surface area contributed by atoms with Crippen molar-refractivity contribution in [2.24, 2.45) is 52.2 Å². The number of likely N-dealkylation sites (tertiary alicyclic amines) is 1. The van der Waals surface area contributed by atoms with Gasteiger partial charge in [0.05, 0.1) is 5.60 Å². The molecule has 0 radical (unpaired) electrons. The monoisotopic (exact) mass is 1270 g/mol. The van der Waals surface area contributed by atoms with Gasteiger partial charge in [-0.3, -0.25) is 4.79 Å². The normalized spacial score (nSPS) is 7.49. The summed E-state index contributed by atoms with van der Waals surface area (Å²) in [7, 11) is 9.00. The van der Waals surface area contributed by atoms with Gasteiger partial charge >= 0.3 is 0 Å². The van der Waals surface area contributed by atoms with E-state index in [1.807, 2.05) is 147 Å². The quantitative estimate of drug-likeness (QED) is 0.122. The minimum absolute atomic E-state index is 0. The fraction of sp³-hybridized carbons (Fsp3) is 0.719. The summed E-state index contributed by atoms with van der Waals surface area (Å²) in [6.07, 6.45) is 12.6. The van der Waals surface area contributed by atoms with Crippen LogP contribution in [0.4, 0.5) is 0 Å². The summed E-state index contributed by atoms with van der Waals surface area (Å²) in [4.78, 5) is 84.6. The Morgan fingerprint density at radius 3 is 0.721 bits per heavy atom. The first-order valence-electron chi connectivity index (χ1n) is 28.0. The molecule has 22 heteroatoms. The van der Waals surface area contributed by atoms with Gasteiger partial charge < -0.3 is 111 Å². The number of benzene rings is 1. The summed E-state index contributed by atoms with van der Waals surface area (Å²) in [5, 5.41) is 8.06. The maximum atomic E-state index is 10.7. The Bertz CT molecular complexity index is 847. The van der Waals surface area contributed by atoms with E-state index in [4.69, 9.17) is 53.0 Å². The lowest BCUT2D eigenvalue weighted by atomic mass is 10.1. The molecule has 1 aromatic carbocycles. The Kier molecular flexibility index (Phi) is 645. The summed E-state index contributed by atoms with van der Waals surface area (Å²) in [5.41, 5.74) is 28.5. The van der Waals surface area contributed by atoms with Gasteiger partial charge in [0, 0.05) is 32.7 Å². The van der Waals surface area contributed by atoms with Crippen molar-refractivity contribution in [2.45, 2.75) is 230 Å². The molecule has 0 aromatic heterocycles. The molecular formula is C64H164N10O12. The predicted octanol–water partition coefficient (Wildman–Crippen LogP) is 12.6. The zero-order valence-electron chi connectivity index (χ0n) is 63.3. The number of amides is 1. The van der Waals surface area contributed by atoms with Crippen molar-refractivity contribution in [2.75, 3.05) is 62.0 Å². The Labute approximate surface area is 538 Å². The number of allylic oxidation sites excluding steroid dienone is 2. The van der Waals surface area contributed by atoms with Crippen molar-refractivity contribution in [3.05, 3.63) is 48.0 Å². The third-order valence-electron chi connectivity index (χ3n) is 6.41. The second-order valence-electron chi connectivity index (χ2n) is 14.1. The molecule has 0 aliphatic carbocycles. The number of ether oxygens (including phenoxy) is 1. The first-order valence-corrected chi connectivity index (χ1v) is 28.0. The van der Waals surface area contributed by atoms with Gasteiger partial charge in [-0.2, -0.15) is 0 Å². The lowest BCUT2D eigenvalue weighted by molar-refractivity contribution is -0.129. The molecule has 0 unspecified atom stereocenters. The predicted molar refractivity (Wildman–Crippen MR) is 390 cm³/mol. The largest absolute Gasteiger partial charge is 0.394 e. The van der Waals surface area contributed by atoms with Crippen LogP contribution in [0.3, 0.4) is 0 Å². The van der Waals surface area contributed by atoms with Gasteiger partial charge in [0.1, 0.15) is 61.1 Å². The van der Waals surface area contributed by atoms with E-state index in [9.17, 15) is 4.79 Å². The number of carbonyl (C=O) groups is 10. The van der Waals surface area contributed by atoms with Crippen LogP contribution in [-0.4, -0.2) is 151 Å². The molecule has 22 nitrogen and oxygen atoms in total. The number of carbonyl (C=O) groups excluding carboxylic acids is 10. The summed E-state index contributed by atoms with van der Waals surface area (Å²) in [6.45, 7) is 72.1. The summed E-state index contributed by atoms with van der Waals surface area (Å²) < 4.78 is 5.23. The van der Waals surface area contributed by atoms with Crippen LogP contribution < -0.4 is 52.9 Å². The molecule has 0 spiro atoms. The maximum Gasteiger partial charge on any atom is 0.219 e. The summed E-state index contributed by atoms with van der Waals surface area (Å²) in [5.74, 6) is 2.88. The van der Waals surface area contributed by atoms with E-state index in [2.05, 4.69) is 149 Å². The van der Waals surface area contributed by atoms with Crippen LogP contribution in [0.5, 0.6) is 0 Å². The number of hydrogen-bond acceptors (Lipinski definition) is 21. The third-order valence-corrected chi connectivity index (χ3v) is 6.41. The number of piperidine rings is 1. The standard InChI is InChI=1S/C8H10.C7H13NO.C6H14O.3C5H12.C4H8.C3H8O.3C2H6.6CH5N.9CH2O.3H3N/c1-2-8-6-4-3-5-7-8;1-7(9)8-5-3-2-4-6-8;1-5-7-6(2,3)4;3*1-4-5(2)3;1-3-4-2;1-3(2)4;18*1-2;;;/h3-7H,2H2,1H3;2-6H2,1H3;5H2,1-4H3;3*5H,4H2,1-3H3;2*3-4H,1-2H3;3*1-2H3;6*2H2,1H3;9*1H2;3*1H3/b;;;;;;4-3-;;;;;;;;;;;;;;;;;;;;;;. The van der Waals surface area contributed by atoms with Crippen LogP contribution in [0.15, 0.2) is 42.5 Å². The number of hydrogen-bond donors (Lipinski definition) is 10. The third kappa shape index (κ3) is 613. The average Bonchev–Trinajstić information content (AvgIpc) is 3.58. The van der Waals surface area contributed by atoms with E-state index >= 15 is 0 Å². The summed E-state index contributed by atoms with van der Waals surface area (Å²) >= 11 is 0. The number of nitrogens with two attached hydrogens (primary N) is 6.